The first-order chi connectivity index (χ1) is 9.38. The van der Waals surface area contributed by atoms with E-state index in [0.29, 0.717) is 22.3 Å². The van der Waals surface area contributed by atoms with Gasteiger partial charge >= 0.3 is 0 Å². The highest BCUT2D eigenvalue weighted by Gasteiger charge is 2.13. The summed E-state index contributed by atoms with van der Waals surface area (Å²) in [7, 11) is 0. The van der Waals surface area contributed by atoms with Gasteiger partial charge in [0.15, 0.2) is 17.5 Å². The van der Waals surface area contributed by atoms with Crippen LogP contribution in [0, 0.1) is 17.5 Å². The van der Waals surface area contributed by atoms with E-state index < -0.39 is 23.4 Å². The molecule has 3 nitrogen and oxygen atoms in total. The molecular formula is C13H8BrF3N2O. The third-order valence-electron chi connectivity index (χ3n) is 2.50. The second-order valence-electron chi connectivity index (χ2n) is 3.94. The predicted octanol–water partition coefficient (Wildman–Crippen LogP) is 3.70. The number of anilines is 2. The van der Waals surface area contributed by atoms with Crippen LogP contribution in [-0.2, 0) is 0 Å². The summed E-state index contributed by atoms with van der Waals surface area (Å²) in [5.41, 5.74) is 5.98. The number of nitrogens with one attached hydrogen (secondary N) is 1. The first kappa shape index (κ1) is 14.4. The van der Waals surface area contributed by atoms with Crippen molar-refractivity contribution in [2.45, 2.75) is 0 Å². The van der Waals surface area contributed by atoms with Gasteiger partial charge in [-0.05, 0) is 34.1 Å². The number of nitrogens with two attached hydrogens (primary N) is 1. The largest absolute Gasteiger partial charge is 0.398 e. The number of carbonyl (C=O) groups excluding carboxylic acids is 1. The summed E-state index contributed by atoms with van der Waals surface area (Å²) in [6.45, 7) is 0. The molecular weight excluding hydrogens is 337 g/mol. The van der Waals surface area contributed by atoms with Crippen molar-refractivity contribution in [2.24, 2.45) is 0 Å². The Morgan fingerprint density at radius 1 is 1.10 bits per heavy atom. The Labute approximate surface area is 120 Å². The fraction of sp³-hybridized carbons (Fsp3) is 0. The molecule has 7 heteroatoms. The fourth-order valence-electron chi connectivity index (χ4n) is 1.52. The lowest BCUT2D eigenvalue weighted by Crippen LogP contribution is -2.13. The average Bonchev–Trinajstić information content (AvgIpc) is 2.39. The highest BCUT2D eigenvalue weighted by atomic mass is 79.9. The molecule has 0 aromatic heterocycles. The number of nitrogen functional groups attached to an aromatic ring is 1. The molecule has 0 spiro atoms. The summed E-state index contributed by atoms with van der Waals surface area (Å²) >= 11 is 3.17. The molecule has 0 atom stereocenters. The highest BCUT2D eigenvalue weighted by Crippen LogP contribution is 2.22. The molecule has 0 unspecified atom stereocenters. The quantitative estimate of drug-likeness (QED) is 0.644. The van der Waals surface area contributed by atoms with Gasteiger partial charge in [-0.1, -0.05) is 0 Å². The zero-order valence-electron chi connectivity index (χ0n) is 9.88. The van der Waals surface area contributed by atoms with Crippen LogP contribution in [0.25, 0.3) is 0 Å². The number of halogens is 4. The number of rotatable bonds is 2. The molecule has 0 aliphatic carbocycles. The average molecular weight is 345 g/mol. The van der Waals surface area contributed by atoms with Crippen LogP contribution in [0.2, 0.25) is 0 Å². The summed E-state index contributed by atoms with van der Waals surface area (Å²) in [5, 5.41) is 2.26. The zero-order chi connectivity index (χ0) is 14.9. The Morgan fingerprint density at radius 3 is 2.25 bits per heavy atom. The lowest BCUT2D eigenvalue weighted by atomic mass is 10.2. The second kappa shape index (κ2) is 5.54. The molecule has 0 heterocycles. The summed E-state index contributed by atoms with van der Waals surface area (Å²) < 4.78 is 39.4. The summed E-state index contributed by atoms with van der Waals surface area (Å²) in [6.07, 6.45) is 0. The van der Waals surface area contributed by atoms with E-state index in [4.69, 9.17) is 5.73 Å². The standard InChI is InChI=1S/C13H8BrF3N2O/c14-8-2-1-6(3-11(8)18)13(20)19-7-4-9(15)12(17)10(16)5-7/h1-5H,18H2,(H,19,20). The molecule has 1 amide bonds. The Hall–Kier alpha value is -2.02. The third kappa shape index (κ3) is 2.93. The summed E-state index contributed by atoms with van der Waals surface area (Å²) in [5.74, 6) is -4.96. The topological polar surface area (TPSA) is 55.1 Å². The van der Waals surface area contributed by atoms with E-state index in [2.05, 4.69) is 21.2 Å². The van der Waals surface area contributed by atoms with Gasteiger partial charge in [-0.15, -0.1) is 0 Å². The van der Waals surface area contributed by atoms with E-state index in [1.807, 2.05) is 0 Å². The van der Waals surface area contributed by atoms with Gasteiger partial charge in [0.1, 0.15) is 0 Å². The minimum absolute atomic E-state index is 0.187. The monoisotopic (exact) mass is 344 g/mol. The number of benzene rings is 2. The first-order valence-corrected chi connectivity index (χ1v) is 6.18. The normalized spacial score (nSPS) is 10.4. The Morgan fingerprint density at radius 2 is 1.70 bits per heavy atom. The van der Waals surface area contributed by atoms with Crippen LogP contribution >= 0.6 is 15.9 Å². The number of hydrogen-bond donors (Lipinski definition) is 2. The van der Waals surface area contributed by atoms with Gasteiger partial charge in [-0.2, -0.15) is 0 Å². The van der Waals surface area contributed by atoms with Crippen LogP contribution in [0.3, 0.4) is 0 Å². The second-order valence-corrected chi connectivity index (χ2v) is 4.80. The maximum Gasteiger partial charge on any atom is 0.255 e. The van der Waals surface area contributed by atoms with Crippen LogP contribution in [0.1, 0.15) is 10.4 Å². The third-order valence-corrected chi connectivity index (χ3v) is 3.22. The van der Waals surface area contributed by atoms with E-state index >= 15 is 0 Å². The molecule has 2 aromatic carbocycles. The molecule has 3 N–H and O–H groups in total. The zero-order valence-corrected chi connectivity index (χ0v) is 11.5. The smallest absolute Gasteiger partial charge is 0.255 e. The maximum absolute atomic E-state index is 13.0. The molecule has 0 aliphatic rings. The van der Waals surface area contributed by atoms with Gasteiger partial charge in [0.25, 0.3) is 5.91 Å². The molecule has 2 rings (SSSR count). The van der Waals surface area contributed by atoms with Crippen molar-refractivity contribution in [1.29, 1.82) is 0 Å². The summed E-state index contributed by atoms with van der Waals surface area (Å²) in [6, 6.07) is 5.83. The molecule has 2 aromatic rings. The maximum atomic E-state index is 13.0. The van der Waals surface area contributed by atoms with Crippen LogP contribution in [0.15, 0.2) is 34.8 Å². The molecule has 0 bridgehead atoms. The van der Waals surface area contributed by atoms with E-state index in [-0.39, 0.29) is 11.3 Å². The lowest BCUT2D eigenvalue weighted by Gasteiger charge is -2.07. The molecule has 20 heavy (non-hydrogen) atoms. The van der Waals surface area contributed by atoms with Crippen LogP contribution in [0.4, 0.5) is 24.5 Å². The lowest BCUT2D eigenvalue weighted by molar-refractivity contribution is 0.102. The molecule has 0 radical (unpaired) electrons. The molecule has 0 fully saturated rings. The Bertz CT molecular complexity index is 668. The highest BCUT2D eigenvalue weighted by molar-refractivity contribution is 9.10. The van der Waals surface area contributed by atoms with E-state index in [1.54, 1.807) is 6.07 Å². The first-order valence-electron chi connectivity index (χ1n) is 5.39. The van der Waals surface area contributed by atoms with Crippen molar-refractivity contribution in [3.63, 3.8) is 0 Å². The van der Waals surface area contributed by atoms with E-state index in [1.165, 1.54) is 12.1 Å². The van der Waals surface area contributed by atoms with Crippen molar-refractivity contribution >= 4 is 33.2 Å². The van der Waals surface area contributed by atoms with Crippen LogP contribution in [-0.4, -0.2) is 5.91 Å². The molecule has 0 saturated heterocycles. The van der Waals surface area contributed by atoms with Crippen molar-refractivity contribution < 1.29 is 18.0 Å². The fourth-order valence-corrected chi connectivity index (χ4v) is 1.76. The van der Waals surface area contributed by atoms with E-state index in [0.717, 1.165) is 0 Å². The van der Waals surface area contributed by atoms with Gasteiger partial charge in [-0.25, -0.2) is 13.2 Å². The van der Waals surface area contributed by atoms with Gasteiger partial charge in [0, 0.05) is 33.5 Å². The summed E-state index contributed by atoms with van der Waals surface area (Å²) in [4.78, 5) is 11.9. The molecule has 0 saturated carbocycles. The minimum Gasteiger partial charge on any atom is -0.398 e. The van der Waals surface area contributed by atoms with Crippen molar-refractivity contribution in [3.8, 4) is 0 Å². The number of carbonyl (C=O) groups is 1. The molecule has 104 valence electrons. The van der Waals surface area contributed by atoms with Crippen molar-refractivity contribution in [1.82, 2.24) is 0 Å². The molecule has 0 aliphatic heterocycles. The van der Waals surface area contributed by atoms with Gasteiger partial charge in [-0.3, -0.25) is 4.79 Å². The Balaban J connectivity index is 2.25. The number of hydrogen-bond acceptors (Lipinski definition) is 2. The van der Waals surface area contributed by atoms with Gasteiger partial charge in [0.2, 0.25) is 0 Å². The van der Waals surface area contributed by atoms with Crippen LogP contribution in [0.5, 0.6) is 0 Å². The van der Waals surface area contributed by atoms with Gasteiger partial charge < -0.3 is 11.1 Å². The van der Waals surface area contributed by atoms with Crippen LogP contribution < -0.4 is 11.1 Å². The number of amides is 1. The SMILES string of the molecule is Nc1cc(C(=O)Nc2cc(F)c(F)c(F)c2)ccc1Br. The van der Waals surface area contributed by atoms with Crippen molar-refractivity contribution in [2.75, 3.05) is 11.1 Å². The Kier molecular flexibility index (Phi) is 3.99. The van der Waals surface area contributed by atoms with Crippen molar-refractivity contribution in [3.05, 3.63) is 57.8 Å². The predicted molar refractivity (Wildman–Crippen MR) is 72.8 cm³/mol. The minimum atomic E-state index is -1.59. The van der Waals surface area contributed by atoms with E-state index in [9.17, 15) is 18.0 Å². The van der Waals surface area contributed by atoms with Gasteiger partial charge in [0.05, 0.1) is 0 Å².